The van der Waals surface area contributed by atoms with Gasteiger partial charge in [0, 0.05) is 12.8 Å². The lowest BCUT2D eigenvalue weighted by Gasteiger charge is -2.14. The maximum atomic E-state index is 13.6. The molecule has 2 rings (SSSR count). The van der Waals surface area contributed by atoms with Crippen LogP contribution in [0.2, 0.25) is 0 Å². The van der Waals surface area contributed by atoms with E-state index in [-0.39, 0.29) is 36.0 Å². The first-order valence-corrected chi connectivity index (χ1v) is 6.58. The molecule has 5 nitrogen and oxygen atoms in total. The molecule has 0 fully saturated rings. The first-order valence-electron chi connectivity index (χ1n) is 6.58. The second kappa shape index (κ2) is 6.47. The van der Waals surface area contributed by atoms with E-state index in [2.05, 4.69) is 5.32 Å². The summed E-state index contributed by atoms with van der Waals surface area (Å²) in [7, 11) is 0. The fourth-order valence-corrected chi connectivity index (χ4v) is 2.11. The number of rotatable bonds is 4. The molecule has 108 valence electrons. The number of carbonyl (C=O) groups excluding carboxylic acids is 2. The largest absolute Gasteiger partial charge is 0.490 e. The second-order valence-electron chi connectivity index (χ2n) is 4.63. The Morgan fingerprint density at radius 1 is 1.50 bits per heavy atom. The Labute approximate surface area is 116 Å². The summed E-state index contributed by atoms with van der Waals surface area (Å²) in [6, 6.07) is 3.52. The molecular weight excluding hydrogens is 263 g/mol. The van der Waals surface area contributed by atoms with Crippen molar-refractivity contribution in [2.45, 2.75) is 25.3 Å². The van der Waals surface area contributed by atoms with Gasteiger partial charge in [-0.1, -0.05) is 6.07 Å². The van der Waals surface area contributed by atoms with Crippen molar-refractivity contribution in [2.75, 3.05) is 13.2 Å². The standard InChI is InChI=1S/C14H17FN2O3/c15-10-4-1-3-9-13(19)11(6-8-20-14(9)10)17-12(18)5-2-7-16/h1,3-4,11H,2,5-8,16H2,(H,17,18). The van der Waals surface area contributed by atoms with Crippen LogP contribution in [0.4, 0.5) is 4.39 Å². The van der Waals surface area contributed by atoms with Gasteiger partial charge in [-0.15, -0.1) is 0 Å². The summed E-state index contributed by atoms with van der Waals surface area (Å²) in [5, 5.41) is 2.66. The smallest absolute Gasteiger partial charge is 0.220 e. The van der Waals surface area contributed by atoms with E-state index in [4.69, 9.17) is 10.5 Å². The molecule has 1 aromatic carbocycles. The highest BCUT2D eigenvalue weighted by molar-refractivity contribution is 6.04. The quantitative estimate of drug-likeness (QED) is 0.862. The van der Waals surface area contributed by atoms with E-state index >= 15 is 0 Å². The molecule has 1 atom stereocenters. The first kappa shape index (κ1) is 14.5. The lowest BCUT2D eigenvalue weighted by Crippen LogP contribution is -2.41. The highest BCUT2D eigenvalue weighted by Gasteiger charge is 2.29. The molecule has 1 aliphatic heterocycles. The summed E-state index contributed by atoms with van der Waals surface area (Å²) < 4.78 is 18.9. The fourth-order valence-electron chi connectivity index (χ4n) is 2.11. The van der Waals surface area contributed by atoms with Gasteiger partial charge in [0.2, 0.25) is 5.91 Å². The Kier molecular flexibility index (Phi) is 4.68. The zero-order chi connectivity index (χ0) is 14.5. The number of carbonyl (C=O) groups is 2. The average molecular weight is 280 g/mol. The van der Waals surface area contributed by atoms with Gasteiger partial charge >= 0.3 is 0 Å². The highest BCUT2D eigenvalue weighted by Crippen LogP contribution is 2.27. The number of hydrogen-bond donors (Lipinski definition) is 2. The minimum atomic E-state index is -0.677. The van der Waals surface area contributed by atoms with E-state index in [9.17, 15) is 14.0 Å². The maximum absolute atomic E-state index is 13.6. The van der Waals surface area contributed by atoms with Crippen molar-refractivity contribution in [2.24, 2.45) is 5.73 Å². The molecule has 1 unspecified atom stereocenters. The molecule has 0 aromatic heterocycles. The summed E-state index contributed by atoms with van der Waals surface area (Å²) in [6.45, 7) is 0.602. The van der Waals surface area contributed by atoms with Crippen LogP contribution in [0.3, 0.4) is 0 Å². The lowest BCUT2D eigenvalue weighted by atomic mass is 10.0. The maximum Gasteiger partial charge on any atom is 0.220 e. The molecule has 1 amide bonds. The van der Waals surface area contributed by atoms with Gasteiger partial charge in [-0.3, -0.25) is 9.59 Å². The topological polar surface area (TPSA) is 81.4 Å². The molecule has 1 aromatic rings. The van der Waals surface area contributed by atoms with Gasteiger partial charge in [0.25, 0.3) is 0 Å². The van der Waals surface area contributed by atoms with Crippen LogP contribution in [0.1, 0.15) is 29.6 Å². The molecule has 0 saturated heterocycles. The second-order valence-corrected chi connectivity index (χ2v) is 4.63. The van der Waals surface area contributed by atoms with Crippen LogP contribution in [0.15, 0.2) is 18.2 Å². The predicted molar refractivity (Wildman–Crippen MR) is 71.1 cm³/mol. The van der Waals surface area contributed by atoms with Gasteiger partial charge < -0.3 is 15.8 Å². The van der Waals surface area contributed by atoms with E-state index in [0.29, 0.717) is 19.4 Å². The molecule has 0 spiro atoms. The van der Waals surface area contributed by atoms with Crippen molar-refractivity contribution in [1.82, 2.24) is 5.32 Å². The van der Waals surface area contributed by atoms with Gasteiger partial charge in [-0.2, -0.15) is 0 Å². The summed E-state index contributed by atoms with van der Waals surface area (Å²) >= 11 is 0. The van der Waals surface area contributed by atoms with Crippen molar-refractivity contribution in [3.63, 3.8) is 0 Å². The lowest BCUT2D eigenvalue weighted by molar-refractivity contribution is -0.121. The summed E-state index contributed by atoms with van der Waals surface area (Å²) in [5.74, 6) is -1.14. The molecule has 1 heterocycles. The Morgan fingerprint density at radius 3 is 3.05 bits per heavy atom. The van der Waals surface area contributed by atoms with Crippen LogP contribution in [0.25, 0.3) is 0 Å². The number of amides is 1. The highest BCUT2D eigenvalue weighted by atomic mass is 19.1. The number of para-hydroxylation sites is 1. The van der Waals surface area contributed by atoms with Gasteiger partial charge in [-0.05, 0) is 25.1 Å². The monoisotopic (exact) mass is 280 g/mol. The van der Waals surface area contributed by atoms with E-state index in [0.717, 1.165) is 0 Å². The third-order valence-corrected chi connectivity index (χ3v) is 3.15. The zero-order valence-corrected chi connectivity index (χ0v) is 11.0. The molecule has 0 bridgehead atoms. The van der Waals surface area contributed by atoms with Crippen molar-refractivity contribution in [3.05, 3.63) is 29.6 Å². The minimum absolute atomic E-state index is 0.0313. The summed E-state index contributed by atoms with van der Waals surface area (Å²) in [4.78, 5) is 24.0. The molecule has 20 heavy (non-hydrogen) atoms. The van der Waals surface area contributed by atoms with Gasteiger partial charge in [0.05, 0.1) is 18.2 Å². The number of fused-ring (bicyclic) bond motifs is 1. The Hall–Kier alpha value is -1.95. The SMILES string of the molecule is NCCCC(=O)NC1CCOc2c(F)cccc2C1=O. The van der Waals surface area contributed by atoms with Crippen molar-refractivity contribution < 1.29 is 18.7 Å². The first-order chi connectivity index (χ1) is 9.63. The molecule has 0 aliphatic carbocycles. The van der Waals surface area contributed by atoms with E-state index in [1.54, 1.807) is 0 Å². The number of hydrogen-bond acceptors (Lipinski definition) is 4. The zero-order valence-electron chi connectivity index (χ0n) is 11.0. The van der Waals surface area contributed by atoms with Crippen LogP contribution >= 0.6 is 0 Å². The number of Topliss-reactive ketones (excluding diaryl/α,β-unsaturated/α-hetero) is 1. The molecule has 3 N–H and O–H groups in total. The predicted octanol–water partition coefficient (Wildman–Crippen LogP) is 1.01. The van der Waals surface area contributed by atoms with Crippen molar-refractivity contribution >= 4 is 11.7 Å². The minimum Gasteiger partial charge on any atom is -0.490 e. The van der Waals surface area contributed by atoms with Crippen LogP contribution in [0.5, 0.6) is 5.75 Å². The average Bonchev–Trinajstić information content (AvgIpc) is 2.59. The molecule has 1 aliphatic rings. The third kappa shape index (κ3) is 3.14. The van der Waals surface area contributed by atoms with E-state index in [1.165, 1.54) is 18.2 Å². The van der Waals surface area contributed by atoms with Crippen molar-refractivity contribution in [1.29, 1.82) is 0 Å². The van der Waals surface area contributed by atoms with Crippen LogP contribution in [-0.2, 0) is 4.79 Å². The van der Waals surface area contributed by atoms with Gasteiger partial charge in [0.15, 0.2) is 17.3 Å². The summed E-state index contributed by atoms with van der Waals surface area (Å²) in [6.07, 6.45) is 1.16. The van der Waals surface area contributed by atoms with Crippen LogP contribution < -0.4 is 15.8 Å². The molecule has 0 radical (unpaired) electrons. The van der Waals surface area contributed by atoms with E-state index in [1.807, 2.05) is 0 Å². The van der Waals surface area contributed by atoms with Gasteiger partial charge in [-0.25, -0.2) is 4.39 Å². The Balaban J connectivity index is 2.13. The Bertz CT molecular complexity index is 519. The molecule has 6 heteroatoms. The normalized spacial score (nSPS) is 17.9. The number of ketones is 1. The van der Waals surface area contributed by atoms with E-state index < -0.39 is 11.9 Å². The number of benzene rings is 1. The van der Waals surface area contributed by atoms with Gasteiger partial charge in [0.1, 0.15) is 0 Å². The number of halogens is 1. The number of nitrogens with one attached hydrogen (secondary N) is 1. The number of nitrogens with two attached hydrogens (primary N) is 1. The van der Waals surface area contributed by atoms with Crippen LogP contribution in [-0.4, -0.2) is 30.9 Å². The summed E-state index contributed by atoms with van der Waals surface area (Å²) in [5.41, 5.74) is 5.51. The third-order valence-electron chi connectivity index (χ3n) is 3.15. The number of ether oxygens (including phenoxy) is 1. The fraction of sp³-hybridized carbons (Fsp3) is 0.429. The van der Waals surface area contributed by atoms with Crippen molar-refractivity contribution in [3.8, 4) is 5.75 Å². The molecule has 0 saturated carbocycles. The van der Waals surface area contributed by atoms with Crippen LogP contribution in [0, 0.1) is 5.82 Å². The molecular formula is C14H17FN2O3. The Morgan fingerprint density at radius 2 is 2.30 bits per heavy atom.